The summed E-state index contributed by atoms with van der Waals surface area (Å²) in [5, 5.41) is 1.09. The van der Waals surface area contributed by atoms with Gasteiger partial charge in [-0.15, -0.1) is 0 Å². The molecule has 0 fully saturated rings. The largest absolute Gasteiger partial charge is 0.489 e. The van der Waals surface area contributed by atoms with Crippen LogP contribution >= 0.6 is 23.2 Å². The molecule has 112 valence electrons. The Morgan fingerprint density at radius 2 is 1.86 bits per heavy atom. The van der Waals surface area contributed by atoms with Gasteiger partial charge in [0.1, 0.15) is 12.4 Å². The summed E-state index contributed by atoms with van der Waals surface area (Å²) in [6.07, 6.45) is 1.83. The van der Waals surface area contributed by atoms with E-state index in [-0.39, 0.29) is 6.04 Å². The molecule has 0 saturated carbocycles. The molecule has 4 heteroatoms. The van der Waals surface area contributed by atoms with Gasteiger partial charge in [-0.25, -0.2) is 0 Å². The van der Waals surface area contributed by atoms with Crippen LogP contribution in [0.2, 0.25) is 10.0 Å². The number of benzene rings is 2. The summed E-state index contributed by atoms with van der Waals surface area (Å²) in [5.74, 6) is 0.835. The normalized spacial score (nSPS) is 12.2. The second-order valence-corrected chi connectivity index (χ2v) is 5.87. The van der Waals surface area contributed by atoms with Crippen LogP contribution in [0.15, 0.2) is 42.5 Å². The molecule has 0 bridgehead atoms. The van der Waals surface area contributed by atoms with E-state index in [2.05, 4.69) is 13.0 Å². The van der Waals surface area contributed by atoms with Gasteiger partial charge >= 0.3 is 0 Å². The van der Waals surface area contributed by atoms with Crippen LogP contribution in [-0.2, 0) is 13.0 Å². The smallest absolute Gasteiger partial charge is 0.120 e. The third-order valence-corrected chi connectivity index (χ3v) is 4.05. The highest BCUT2D eigenvalue weighted by Crippen LogP contribution is 2.23. The van der Waals surface area contributed by atoms with Crippen molar-refractivity contribution in [2.75, 3.05) is 0 Å². The first-order chi connectivity index (χ1) is 10.1. The van der Waals surface area contributed by atoms with Gasteiger partial charge in [-0.2, -0.15) is 0 Å². The van der Waals surface area contributed by atoms with E-state index in [9.17, 15) is 0 Å². The predicted molar refractivity (Wildman–Crippen MR) is 89.2 cm³/mol. The second-order valence-electron chi connectivity index (χ2n) is 5.06. The van der Waals surface area contributed by atoms with Crippen LogP contribution in [0.25, 0.3) is 0 Å². The van der Waals surface area contributed by atoms with E-state index in [1.54, 1.807) is 6.07 Å². The molecule has 0 amide bonds. The van der Waals surface area contributed by atoms with Crippen LogP contribution in [0.1, 0.15) is 24.5 Å². The maximum absolute atomic E-state index is 5.99. The van der Waals surface area contributed by atoms with Gasteiger partial charge in [0.05, 0.1) is 10.0 Å². The molecule has 1 atom stereocenters. The Kier molecular flexibility index (Phi) is 5.92. The molecule has 0 aromatic heterocycles. The lowest BCUT2D eigenvalue weighted by atomic mass is 10.0. The molecule has 0 spiro atoms. The highest BCUT2D eigenvalue weighted by atomic mass is 35.5. The summed E-state index contributed by atoms with van der Waals surface area (Å²) in [7, 11) is 0. The van der Waals surface area contributed by atoms with Crippen LogP contribution in [0.4, 0.5) is 0 Å². The van der Waals surface area contributed by atoms with Crippen molar-refractivity contribution in [1.29, 1.82) is 0 Å². The molecule has 0 saturated heterocycles. The maximum atomic E-state index is 5.99. The van der Waals surface area contributed by atoms with Crippen molar-refractivity contribution in [3.8, 4) is 5.75 Å². The molecule has 2 N–H and O–H groups in total. The lowest BCUT2D eigenvalue weighted by molar-refractivity contribution is 0.306. The van der Waals surface area contributed by atoms with Crippen molar-refractivity contribution in [3.63, 3.8) is 0 Å². The molecule has 21 heavy (non-hydrogen) atoms. The summed E-state index contributed by atoms with van der Waals surface area (Å²) in [4.78, 5) is 0. The minimum atomic E-state index is 0.190. The first-order valence-electron chi connectivity index (χ1n) is 6.99. The molecule has 0 aliphatic heterocycles. The van der Waals surface area contributed by atoms with Crippen molar-refractivity contribution in [2.45, 2.75) is 32.4 Å². The first-order valence-corrected chi connectivity index (χ1v) is 7.75. The summed E-state index contributed by atoms with van der Waals surface area (Å²) in [6.45, 7) is 2.55. The maximum Gasteiger partial charge on any atom is 0.120 e. The molecule has 2 nitrogen and oxygen atoms in total. The van der Waals surface area contributed by atoms with Crippen molar-refractivity contribution >= 4 is 23.2 Å². The summed E-state index contributed by atoms with van der Waals surface area (Å²) in [6, 6.07) is 13.7. The Morgan fingerprint density at radius 1 is 1.05 bits per heavy atom. The molecular weight excluding hydrogens is 305 g/mol. The SMILES string of the molecule is CCC(N)Cc1cccc(OCc2ccc(Cl)c(Cl)c2)c1. The fraction of sp³-hybridized carbons (Fsp3) is 0.294. The molecule has 1 unspecified atom stereocenters. The minimum absolute atomic E-state index is 0.190. The van der Waals surface area contributed by atoms with Crippen molar-refractivity contribution in [2.24, 2.45) is 5.73 Å². The molecular formula is C17H19Cl2NO. The van der Waals surface area contributed by atoms with E-state index >= 15 is 0 Å². The lowest BCUT2D eigenvalue weighted by Crippen LogP contribution is -2.21. The third kappa shape index (κ3) is 4.92. The minimum Gasteiger partial charge on any atom is -0.489 e. The average molecular weight is 324 g/mol. The van der Waals surface area contributed by atoms with Crippen LogP contribution in [-0.4, -0.2) is 6.04 Å². The first kappa shape index (κ1) is 16.2. The molecule has 0 radical (unpaired) electrons. The zero-order valence-electron chi connectivity index (χ0n) is 12.0. The number of rotatable bonds is 6. The third-order valence-electron chi connectivity index (χ3n) is 3.31. The quantitative estimate of drug-likeness (QED) is 0.824. The van der Waals surface area contributed by atoms with E-state index in [0.29, 0.717) is 16.7 Å². The Labute approximate surface area is 135 Å². The molecule has 0 aliphatic carbocycles. The molecule has 2 rings (SSSR count). The van der Waals surface area contributed by atoms with Gasteiger partial charge in [-0.1, -0.05) is 48.3 Å². The van der Waals surface area contributed by atoms with Gasteiger partial charge in [-0.05, 0) is 48.2 Å². The van der Waals surface area contributed by atoms with Crippen LogP contribution in [0, 0.1) is 0 Å². The zero-order chi connectivity index (χ0) is 15.2. The fourth-order valence-corrected chi connectivity index (χ4v) is 2.33. The predicted octanol–water partition coefficient (Wildman–Crippen LogP) is 4.85. The number of nitrogens with two attached hydrogens (primary N) is 1. The van der Waals surface area contributed by atoms with E-state index in [1.807, 2.05) is 30.3 Å². The van der Waals surface area contributed by atoms with E-state index < -0.39 is 0 Å². The monoisotopic (exact) mass is 323 g/mol. The number of hydrogen-bond acceptors (Lipinski definition) is 2. The van der Waals surface area contributed by atoms with Crippen molar-refractivity contribution < 1.29 is 4.74 Å². The highest BCUT2D eigenvalue weighted by Gasteiger charge is 2.04. The van der Waals surface area contributed by atoms with Crippen molar-refractivity contribution in [1.82, 2.24) is 0 Å². The summed E-state index contributed by atoms with van der Waals surface area (Å²) >= 11 is 11.9. The Hall–Kier alpha value is -1.22. The van der Waals surface area contributed by atoms with E-state index in [0.717, 1.165) is 24.2 Å². The molecule has 0 aliphatic rings. The van der Waals surface area contributed by atoms with Gasteiger partial charge in [0.2, 0.25) is 0 Å². The standard InChI is InChI=1S/C17H19Cl2NO/c1-2-14(20)8-12-4-3-5-15(9-12)21-11-13-6-7-16(18)17(19)10-13/h3-7,9-10,14H,2,8,11,20H2,1H3. The topological polar surface area (TPSA) is 35.2 Å². The Bertz CT molecular complexity index is 601. The van der Waals surface area contributed by atoms with Crippen molar-refractivity contribution in [3.05, 3.63) is 63.6 Å². The number of hydrogen-bond donors (Lipinski definition) is 1. The molecule has 2 aromatic carbocycles. The zero-order valence-corrected chi connectivity index (χ0v) is 13.5. The fourth-order valence-electron chi connectivity index (χ4n) is 2.01. The number of halogens is 2. The van der Waals surface area contributed by atoms with Gasteiger partial charge in [-0.3, -0.25) is 0 Å². The molecule has 2 aromatic rings. The van der Waals surface area contributed by atoms with E-state index in [1.165, 1.54) is 5.56 Å². The lowest BCUT2D eigenvalue weighted by Gasteiger charge is -2.11. The summed E-state index contributed by atoms with van der Waals surface area (Å²) < 4.78 is 5.80. The van der Waals surface area contributed by atoms with Gasteiger partial charge in [0.25, 0.3) is 0 Å². The average Bonchev–Trinajstić information content (AvgIpc) is 2.49. The van der Waals surface area contributed by atoms with Gasteiger partial charge < -0.3 is 10.5 Å². The number of ether oxygens (including phenoxy) is 1. The van der Waals surface area contributed by atoms with E-state index in [4.69, 9.17) is 33.7 Å². The summed E-state index contributed by atoms with van der Waals surface area (Å²) in [5.41, 5.74) is 8.16. The molecule has 0 heterocycles. The van der Waals surface area contributed by atoms with Gasteiger partial charge in [0.15, 0.2) is 0 Å². The van der Waals surface area contributed by atoms with Crippen LogP contribution in [0.3, 0.4) is 0 Å². The Morgan fingerprint density at radius 3 is 2.57 bits per heavy atom. The van der Waals surface area contributed by atoms with Gasteiger partial charge in [0, 0.05) is 6.04 Å². The second kappa shape index (κ2) is 7.69. The van der Waals surface area contributed by atoms with Crippen LogP contribution < -0.4 is 10.5 Å². The highest BCUT2D eigenvalue weighted by molar-refractivity contribution is 6.42. The Balaban J connectivity index is 1.99. The van der Waals surface area contributed by atoms with Crippen LogP contribution in [0.5, 0.6) is 5.75 Å².